The van der Waals surface area contributed by atoms with Crippen LogP contribution in [-0.4, -0.2) is 52.6 Å². The number of nitrogens with one attached hydrogen (secondary N) is 3. The summed E-state index contributed by atoms with van der Waals surface area (Å²) in [6, 6.07) is 5.95. The number of aryl methyl sites for hydroxylation is 1. The van der Waals surface area contributed by atoms with Crippen LogP contribution in [0.5, 0.6) is 5.75 Å². The Morgan fingerprint density at radius 3 is 2.29 bits per heavy atom. The van der Waals surface area contributed by atoms with E-state index in [1.165, 1.54) is 26.4 Å². The number of carbonyl (C=O) groups excluding carboxylic acids is 2. The highest BCUT2D eigenvalue weighted by Gasteiger charge is 2.22. The van der Waals surface area contributed by atoms with E-state index in [1.54, 1.807) is 26.0 Å². The van der Waals surface area contributed by atoms with Crippen molar-refractivity contribution < 1.29 is 27.5 Å². The fraction of sp³-hybridized carbons (Fsp3) is 0.333. The molecular formula is C18H23N3O6S. The van der Waals surface area contributed by atoms with Crippen molar-refractivity contribution in [3.63, 3.8) is 0 Å². The Bertz CT molecular complexity index is 964. The smallest absolute Gasteiger partial charge is 0.339 e. The molecular weight excluding hydrogens is 386 g/mol. The number of hydrogen-bond acceptors (Lipinski definition) is 6. The molecule has 0 spiro atoms. The van der Waals surface area contributed by atoms with Gasteiger partial charge in [0.05, 0.1) is 24.7 Å². The lowest BCUT2D eigenvalue weighted by atomic mass is 10.1. The third-order valence-corrected chi connectivity index (χ3v) is 5.60. The first-order valence-electron chi connectivity index (χ1n) is 8.40. The average molecular weight is 409 g/mol. The van der Waals surface area contributed by atoms with Crippen LogP contribution in [0.1, 0.15) is 32.1 Å². The summed E-state index contributed by atoms with van der Waals surface area (Å²) in [5, 5.41) is 2.61. The molecule has 0 fully saturated rings. The summed E-state index contributed by atoms with van der Waals surface area (Å²) in [4.78, 5) is 27.1. The maximum atomic E-state index is 12.3. The van der Waals surface area contributed by atoms with Gasteiger partial charge in [0.1, 0.15) is 11.4 Å². The molecule has 28 heavy (non-hydrogen) atoms. The van der Waals surface area contributed by atoms with Crippen molar-refractivity contribution in [3.05, 3.63) is 46.8 Å². The molecule has 10 heteroatoms. The predicted octanol–water partition coefficient (Wildman–Crippen LogP) is 1.14. The highest BCUT2D eigenvalue weighted by molar-refractivity contribution is 7.89. The number of rotatable bonds is 8. The summed E-state index contributed by atoms with van der Waals surface area (Å²) >= 11 is 0. The number of aromatic amines is 1. The Morgan fingerprint density at radius 1 is 1.07 bits per heavy atom. The molecule has 0 aliphatic carbocycles. The van der Waals surface area contributed by atoms with Gasteiger partial charge in [-0.15, -0.1) is 0 Å². The van der Waals surface area contributed by atoms with E-state index in [-0.39, 0.29) is 23.7 Å². The summed E-state index contributed by atoms with van der Waals surface area (Å²) in [6.07, 6.45) is 0. The molecule has 0 aliphatic rings. The first-order chi connectivity index (χ1) is 13.2. The monoisotopic (exact) mass is 409 g/mol. The molecule has 152 valence electrons. The number of amides is 1. The van der Waals surface area contributed by atoms with Crippen molar-refractivity contribution in [1.29, 1.82) is 0 Å². The van der Waals surface area contributed by atoms with E-state index in [2.05, 4.69) is 15.0 Å². The zero-order chi connectivity index (χ0) is 20.9. The van der Waals surface area contributed by atoms with E-state index in [4.69, 9.17) is 9.47 Å². The topological polar surface area (TPSA) is 127 Å². The van der Waals surface area contributed by atoms with Crippen molar-refractivity contribution in [1.82, 2.24) is 15.0 Å². The van der Waals surface area contributed by atoms with Gasteiger partial charge in [-0.1, -0.05) is 0 Å². The summed E-state index contributed by atoms with van der Waals surface area (Å²) in [6.45, 7) is 3.37. The van der Waals surface area contributed by atoms with Crippen molar-refractivity contribution in [2.75, 3.05) is 27.3 Å². The molecule has 3 N–H and O–H groups in total. The summed E-state index contributed by atoms with van der Waals surface area (Å²) in [7, 11) is -0.940. The van der Waals surface area contributed by atoms with Crippen LogP contribution >= 0.6 is 0 Å². The van der Waals surface area contributed by atoms with Gasteiger partial charge in [0.15, 0.2) is 0 Å². The minimum atomic E-state index is -3.70. The van der Waals surface area contributed by atoms with Gasteiger partial charge in [-0.3, -0.25) is 4.79 Å². The van der Waals surface area contributed by atoms with Crippen LogP contribution in [-0.2, 0) is 14.8 Å². The SMILES string of the molecule is COC(=O)c1c(C)[nH]c(C(=O)NCCNS(=O)(=O)c2ccc(OC)cc2)c1C. The van der Waals surface area contributed by atoms with Gasteiger partial charge < -0.3 is 19.8 Å². The van der Waals surface area contributed by atoms with Crippen LogP contribution in [0.3, 0.4) is 0 Å². The standard InChI is InChI=1S/C18H23N3O6S/c1-11-15(18(23)27-4)12(2)21-16(11)17(22)19-9-10-20-28(24,25)14-7-5-13(26-3)6-8-14/h5-8,20-21H,9-10H2,1-4H3,(H,19,22). The molecule has 0 aliphatic heterocycles. The number of carbonyl (C=O) groups is 2. The van der Waals surface area contributed by atoms with Crippen molar-refractivity contribution >= 4 is 21.9 Å². The highest BCUT2D eigenvalue weighted by Crippen LogP contribution is 2.19. The summed E-state index contributed by atoms with van der Waals surface area (Å²) in [5.41, 5.74) is 1.54. The lowest BCUT2D eigenvalue weighted by Crippen LogP contribution is -2.35. The molecule has 2 aromatic rings. The molecule has 1 heterocycles. The molecule has 0 atom stereocenters. The van der Waals surface area contributed by atoms with E-state index in [9.17, 15) is 18.0 Å². The third kappa shape index (κ3) is 4.70. The lowest BCUT2D eigenvalue weighted by Gasteiger charge is -2.09. The van der Waals surface area contributed by atoms with Gasteiger partial charge in [0.2, 0.25) is 10.0 Å². The van der Waals surface area contributed by atoms with Gasteiger partial charge in [-0.05, 0) is 43.7 Å². The second kappa shape index (κ2) is 8.89. The summed E-state index contributed by atoms with van der Waals surface area (Å²) < 4.78 is 36.6. The fourth-order valence-corrected chi connectivity index (χ4v) is 3.71. The van der Waals surface area contributed by atoms with Gasteiger partial charge >= 0.3 is 5.97 Å². The predicted molar refractivity (Wildman–Crippen MR) is 102 cm³/mol. The van der Waals surface area contributed by atoms with Crippen LogP contribution in [0.15, 0.2) is 29.2 Å². The second-order valence-electron chi connectivity index (χ2n) is 5.95. The molecule has 1 aromatic carbocycles. The Kier molecular flexibility index (Phi) is 6.81. The van der Waals surface area contributed by atoms with Gasteiger partial charge in [0, 0.05) is 18.8 Å². The van der Waals surface area contributed by atoms with E-state index in [1.807, 2.05) is 0 Å². The van der Waals surface area contributed by atoms with Gasteiger partial charge in [-0.25, -0.2) is 17.9 Å². The number of aromatic nitrogens is 1. The molecule has 0 saturated carbocycles. The quantitative estimate of drug-likeness (QED) is 0.443. The minimum absolute atomic E-state index is 0.00268. The molecule has 0 bridgehead atoms. The Labute approximate surface area is 163 Å². The molecule has 1 amide bonds. The number of benzene rings is 1. The van der Waals surface area contributed by atoms with E-state index < -0.39 is 21.9 Å². The number of esters is 1. The molecule has 1 aromatic heterocycles. The largest absolute Gasteiger partial charge is 0.497 e. The zero-order valence-corrected chi connectivity index (χ0v) is 16.9. The average Bonchev–Trinajstić information content (AvgIpc) is 2.98. The van der Waals surface area contributed by atoms with Crippen LogP contribution < -0.4 is 14.8 Å². The van der Waals surface area contributed by atoms with Crippen molar-refractivity contribution in [2.24, 2.45) is 0 Å². The molecule has 0 saturated heterocycles. The Hall–Kier alpha value is -2.85. The first-order valence-corrected chi connectivity index (χ1v) is 9.89. The normalized spacial score (nSPS) is 11.1. The Balaban J connectivity index is 1.94. The molecule has 9 nitrogen and oxygen atoms in total. The van der Waals surface area contributed by atoms with Crippen LogP contribution in [0.2, 0.25) is 0 Å². The molecule has 2 rings (SSSR count). The second-order valence-corrected chi connectivity index (χ2v) is 7.71. The van der Waals surface area contributed by atoms with Crippen LogP contribution in [0.4, 0.5) is 0 Å². The maximum Gasteiger partial charge on any atom is 0.339 e. The lowest BCUT2D eigenvalue weighted by molar-refractivity contribution is 0.0599. The van der Waals surface area contributed by atoms with Crippen LogP contribution in [0.25, 0.3) is 0 Å². The summed E-state index contributed by atoms with van der Waals surface area (Å²) in [5.74, 6) is -0.425. The first kappa shape index (κ1) is 21.5. The number of ether oxygens (including phenoxy) is 2. The van der Waals surface area contributed by atoms with E-state index in [0.717, 1.165) is 0 Å². The van der Waals surface area contributed by atoms with Crippen molar-refractivity contribution in [2.45, 2.75) is 18.7 Å². The zero-order valence-electron chi connectivity index (χ0n) is 16.1. The van der Waals surface area contributed by atoms with Crippen molar-refractivity contribution in [3.8, 4) is 5.75 Å². The number of sulfonamides is 1. The van der Waals surface area contributed by atoms with E-state index in [0.29, 0.717) is 22.6 Å². The number of H-pyrrole nitrogens is 1. The molecule has 0 radical (unpaired) electrons. The van der Waals surface area contributed by atoms with Gasteiger partial charge in [-0.2, -0.15) is 0 Å². The highest BCUT2D eigenvalue weighted by atomic mass is 32.2. The van der Waals surface area contributed by atoms with E-state index >= 15 is 0 Å². The molecule has 0 unspecified atom stereocenters. The van der Waals surface area contributed by atoms with Crippen LogP contribution in [0, 0.1) is 13.8 Å². The van der Waals surface area contributed by atoms with Gasteiger partial charge in [0.25, 0.3) is 5.91 Å². The Morgan fingerprint density at radius 2 is 1.71 bits per heavy atom. The number of methoxy groups -OCH3 is 2. The minimum Gasteiger partial charge on any atom is -0.497 e. The fourth-order valence-electron chi connectivity index (χ4n) is 2.67. The third-order valence-electron chi connectivity index (χ3n) is 4.13. The number of hydrogen-bond donors (Lipinski definition) is 3. The maximum absolute atomic E-state index is 12.3.